The van der Waals surface area contributed by atoms with Gasteiger partial charge >= 0.3 is 0 Å². The van der Waals surface area contributed by atoms with Crippen LogP contribution in [0.4, 0.5) is 15.8 Å². The summed E-state index contributed by atoms with van der Waals surface area (Å²) in [6.45, 7) is 5.64. The minimum Gasteiger partial charge on any atom is -0.366 e. The molecule has 2 amide bonds. The van der Waals surface area contributed by atoms with Crippen molar-refractivity contribution < 1.29 is 14.0 Å². The number of hydrogen-bond acceptors (Lipinski definition) is 6. The van der Waals surface area contributed by atoms with Gasteiger partial charge in [-0.15, -0.1) is 0 Å². The van der Waals surface area contributed by atoms with E-state index in [0.29, 0.717) is 28.1 Å². The Hall–Kier alpha value is -3.49. The number of anilines is 2. The number of nitrogens with zero attached hydrogens (tertiary/aromatic N) is 1. The number of carbonyl (C=O) groups excluding carboxylic acids is 2. The van der Waals surface area contributed by atoms with E-state index in [0.717, 1.165) is 24.2 Å². The minimum atomic E-state index is -0.492. The molecule has 3 aromatic rings. The van der Waals surface area contributed by atoms with Crippen molar-refractivity contribution in [3.8, 4) is 11.1 Å². The molecule has 1 aromatic heterocycles. The molecule has 0 bridgehead atoms. The average molecular weight is 477 g/mol. The Morgan fingerprint density at radius 2 is 1.79 bits per heavy atom. The first-order valence-electron chi connectivity index (χ1n) is 11.2. The van der Waals surface area contributed by atoms with Crippen molar-refractivity contribution in [2.45, 2.75) is 25.9 Å². The van der Waals surface area contributed by atoms with Crippen molar-refractivity contribution in [2.75, 3.05) is 23.3 Å². The molecule has 174 valence electrons. The van der Waals surface area contributed by atoms with Gasteiger partial charge in [-0.25, -0.2) is 4.39 Å². The fourth-order valence-corrected chi connectivity index (χ4v) is 5.27. The van der Waals surface area contributed by atoms with E-state index in [4.69, 9.17) is 0 Å². The number of amides is 2. The second-order valence-electron chi connectivity index (χ2n) is 8.80. The summed E-state index contributed by atoms with van der Waals surface area (Å²) in [6.07, 6.45) is 1.53. The van der Waals surface area contributed by atoms with Crippen LogP contribution in [0.15, 0.2) is 59.4 Å². The Morgan fingerprint density at radius 3 is 2.50 bits per heavy atom. The number of piperazine rings is 1. The Morgan fingerprint density at radius 1 is 1.00 bits per heavy atom. The molecule has 1 saturated heterocycles. The molecule has 6 nitrogen and oxygen atoms in total. The number of benzene rings is 2. The monoisotopic (exact) mass is 476 g/mol. The van der Waals surface area contributed by atoms with Gasteiger partial charge in [0.25, 0.3) is 11.8 Å². The molecular weight excluding hydrogens is 451 g/mol. The fourth-order valence-electron chi connectivity index (χ4n) is 4.61. The molecular formula is C26H25FN4O2S. The number of thiophene rings is 1. The summed E-state index contributed by atoms with van der Waals surface area (Å²) in [7, 11) is 0. The Bertz CT molecular complexity index is 1280. The van der Waals surface area contributed by atoms with Crippen LogP contribution in [0.25, 0.3) is 16.7 Å². The molecule has 2 aliphatic rings. The van der Waals surface area contributed by atoms with E-state index in [1.807, 2.05) is 33.9 Å². The van der Waals surface area contributed by atoms with E-state index in [1.54, 1.807) is 29.5 Å². The summed E-state index contributed by atoms with van der Waals surface area (Å²) in [5.74, 6) is -1.25. The lowest BCUT2D eigenvalue weighted by molar-refractivity contribution is -0.114. The Balaban J connectivity index is 1.43. The molecule has 0 unspecified atom stereocenters. The van der Waals surface area contributed by atoms with Crippen LogP contribution in [0.3, 0.4) is 0 Å². The topological polar surface area (TPSA) is 73.5 Å². The van der Waals surface area contributed by atoms with Gasteiger partial charge in [-0.3, -0.25) is 14.9 Å². The van der Waals surface area contributed by atoms with E-state index in [2.05, 4.69) is 29.8 Å². The van der Waals surface area contributed by atoms with Crippen LogP contribution in [0.1, 0.15) is 29.8 Å². The van der Waals surface area contributed by atoms with Crippen LogP contribution in [-0.4, -0.2) is 37.0 Å². The summed E-state index contributed by atoms with van der Waals surface area (Å²) in [5.41, 5.74) is 4.31. The number of fused-ring (bicyclic) bond motifs is 1. The van der Waals surface area contributed by atoms with Gasteiger partial charge in [0.1, 0.15) is 5.82 Å². The zero-order valence-corrected chi connectivity index (χ0v) is 19.7. The molecule has 8 heteroatoms. The molecule has 34 heavy (non-hydrogen) atoms. The van der Waals surface area contributed by atoms with Crippen molar-refractivity contribution >= 4 is 40.1 Å². The third-order valence-corrected chi connectivity index (χ3v) is 6.79. The van der Waals surface area contributed by atoms with Crippen molar-refractivity contribution in [1.82, 2.24) is 10.6 Å². The molecule has 0 spiro atoms. The molecule has 0 aliphatic carbocycles. The summed E-state index contributed by atoms with van der Waals surface area (Å²) >= 11 is 1.58. The van der Waals surface area contributed by atoms with Crippen molar-refractivity contribution in [3.05, 3.63) is 76.4 Å². The maximum Gasteiger partial charge on any atom is 0.260 e. The zero-order valence-electron chi connectivity index (χ0n) is 18.9. The molecule has 3 heterocycles. The Labute approximate surface area is 201 Å². The van der Waals surface area contributed by atoms with Gasteiger partial charge in [0.05, 0.1) is 11.3 Å². The molecule has 2 atom stereocenters. The standard InChI is InChI=1S/C26H25FN4O2S/c1-15-12-31(13-16(2)29-15)24-6-4-19(10-23(24)27)28-11-22-21-9-17(18-7-8-34-14-18)3-5-20(21)25(32)30-26(22)33/h3-11,14-16,28-29H,12-13H2,1-2H3,(H,30,32,33)/t15-,16+. The largest absolute Gasteiger partial charge is 0.366 e. The molecule has 3 N–H and O–H groups in total. The maximum atomic E-state index is 15.0. The van der Waals surface area contributed by atoms with Gasteiger partial charge in [0.15, 0.2) is 0 Å². The number of imide groups is 1. The van der Waals surface area contributed by atoms with Crippen LogP contribution in [0.2, 0.25) is 0 Å². The van der Waals surface area contributed by atoms with Gasteiger partial charge in [0.2, 0.25) is 0 Å². The highest BCUT2D eigenvalue weighted by molar-refractivity contribution is 7.08. The van der Waals surface area contributed by atoms with Gasteiger partial charge < -0.3 is 15.5 Å². The minimum absolute atomic E-state index is 0.275. The van der Waals surface area contributed by atoms with Crippen LogP contribution in [-0.2, 0) is 4.79 Å². The quantitative estimate of drug-likeness (QED) is 0.383. The lowest BCUT2D eigenvalue weighted by atomic mass is 9.92. The van der Waals surface area contributed by atoms with Crippen LogP contribution >= 0.6 is 11.3 Å². The zero-order chi connectivity index (χ0) is 23.8. The predicted molar refractivity (Wildman–Crippen MR) is 135 cm³/mol. The number of hydrogen-bond donors (Lipinski definition) is 3. The highest BCUT2D eigenvalue weighted by Gasteiger charge is 2.28. The van der Waals surface area contributed by atoms with E-state index < -0.39 is 11.8 Å². The summed E-state index contributed by atoms with van der Waals surface area (Å²) in [4.78, 5) is 27.1. The number of carbonyl (C=O) groups is 2. The van der Waals surface area contributed by atoms with Crippen LogP contribution in [0.5, 0.6) is 0 Å². The SMILES string of the molecule is C[C@@H]1CN(c2ccc(NC=C3C(=O)NC(=O)c4ccc(-c5ccsc5)cc43)cc2F)C[C@H](C)N1. The van der Waals surface area contributed by atoms with Gasteiger partial charge in [-0.05, 0) is 72.1 Å². The summed E-state index contributed by atoms with van der Waals surface area (Å²) in [5, 5.41) is 12.9. The number of halogens is 1. The smallest absolute Gasteiger partial charge is 0.260 e. The first-order valence-corrected chi connectivity index (χ1v) is 12.1. The fraction of sp³-hybridized carbons (Fsp3) is 0.231. The molecule has 2 aliphatic heterocycles. The van der Waals surface area contributed by atoms with Gasteiger partial charge in [-0.2, -0.15) is 11.3 Å². The number of nitrogens with one attached hydrogen (secondary N) is 3. The van der Waals surface area contributed by atoms with E-state index in [1.165, 1.54) is 12.3 Å². The predicted octanol–water partition coefficient (Wildman–Crippen LogP) is 4.46. The highest BCUT2D eigenvalue weighted by atomic mass is 32.1. The van der Waals surface area contributed by atoms with E-state index in [-0.39, 0.29) is 17.9 Å². The van der Waals surface area contributed by atoms with Crippen molar-refractivity contribution in [1.29, 1.82) is 0 Å². The normalized spacial score (nSPS) is 21.4. The lowest BCUT2D eigenvalue weighted by Gasteiger charge is -2.37. The molecule has 5 rings (SSSR count). The molecule has 1 fully saturated rings. The van der Waals surface area contributed by atoms with E-state index in [9.17, 15) is 14.0 Å². The molecule has 0 saturated carbocycles. The summed E-state index contributed by atoms with van der Waals surface area (Å²) in [6, 6.07) is 13.0. The van der Waals surface area contributed by atoms with Crippen molar-refractivity contribution in [3.63, 3.8) is 0 Å². The molecule has 0 radical (unpaired) electrons. The van der Waals surface area contributed by atoms with Gasteiger partial charge in [0, 0.05) is 48.2 Å². The second-order valence-corrected chi connectivity index (χ2v) is 9.58. The van der Waals surface area contributed by atoms with Crippen molar-refractivity contribution in [2.24, 2.45) is 0 Å². The first-order chi connectivity index (χ1) is 16.4. The maximum absolute atomic E-state index is 15.0. The van der Waals surface area contributed by atoms with Gasteiger partial charge in [-0.1, -0.05) is 6.07 Å². The summed E-state index contributed by atoms with van der Waals surface area (Å²) < 4.78 is 15.0. The first kappa shape index (κ1) is 22.3. The second kappa shape index (κ2) is 9.04. The Kier molecular flexibility index (Phi) is 5.93. The molecule has 2 aromatic carbocycles. The van der Waals surface area contributed by atoms with E-state index >= 15 is 0 Å². The third kappa shape index (κ3) is 4.34. The lowest BCUT2D eigenvalue weighted by Crippen LogP contribution is -2.54. The third-order valence-electron chi connectivity index (χ3n) is 6.11. The van der Waals surface area contributed by atoms with Crippen LogP contribution < -0.4 is 20.9 Å². The average Bonchev–Trinajstić information content (AvgIpc) is 3.33. The van der Waals surface area contributed by atoms with Crippen LogP contribution in [0, 0.1) is 5.82 Å². The highest BCUT2D eigenvalue weighted by Crippen LogP contribution is 2.31. The number of rotatable bonds is 4.